The van der Waals surface area contributed by atoms with Crippen molar-refractivity contribution in [1.82, 2.24) is 0 Å². The number of carbonyl (C=O) groups is 1. The first kappa shape index (κ1) is 11.7. The lowest BCUT2D eigenvalue weighted by Gasteiger charge is -2.04. The Kier molecular flexibility index (Phi) is 3.80. The van der Waals surface area contributed by atoms with E-state index in [1.807, 2.05) is 0 Å². The summed E-state index contributed by atoms with van der Waals surface area (Å²) in [5, 5.41) is 9.02. The predicted molar refractivity (Wildman–Crippen MR) is 59.7 cm³/mol. The molecule has 0 spiro atoms. The van der Waals surface area contributed by atoms with Crippen LogP contribution < -0.4 is 5.73 Å². The van der Waals surface area contributed by atoms with E-state index >= 15 is 0 Å². The maximum absolute atomic E-state index is 11.0. The molecular formula is C11H16N2O2. The molecule has 0 bridgehead atoms. The van der Waals surface area contributed by atoms with Crippen molar-refractivity contribution in [2.24, 2.45) is 16.6 Å². The average molecular weight is 208 g/mol. The van der Waals surface area contributed by atoms with E-state index in [0.29, 0.717) is 17.2 Å². The lowest BCUT2D eigenvalue weighted by atomic mass is 10.0. The summed E-state index contributed by atoms with van der Waals surface area (Å²) in [4.78, 5) is 14.9. The fraction of sp³-hybridized carbons (Fsp3) is 0.455. The summed E-state index contributed by atoms with van der Waals surface area (Å²) >= 11 is 0. The highest BCUT2D eigenvalue weighted by Crippen LogP contribution is 2.38. The summed E-state index contributed by atoms with van der Waals surface area (Å²) < 4.78 is 0. The Bertz CT molecular complexity index is 338. The van der Waals surface area contributed by atoms with Crippen molar-refractivity contribution in [1.29, 1.82) is 0 Å². The Morgan fingerprint density at radius 3 is 2.67 bits per heavy atom. The van der Waals surface area contributed by atoms with Crippen LogP contribution in [0.2, 0.25) is 0 Å². The van der Waals surface area contributed by atoms with Gasteiger partial charge in [0.05, 0.1) is 12.2 Å². The van der Waals surface area contributed by atoms with E-state index in [-0.39, 0.29) is 12.2 Å². The van der Waals surface area contributed by atoms with Crippen LogP contribution in [0.3, 0.4) is 0 Å². The number of nitrogens with zero attached hydrogens (tertiary/aromatic N) is 1. The zero-order chi connectivity index (χ0) is 11.4. The molecule has 1 saturated carbocycles. The van der Waals surface area contributed by atoms with E-state index in [2.05, 4.69) is 11.6 Å². The fourth-order valence-electron chi connectivity index (χ4n) is 1.34. The first-order chi connectivity index (χ1) is 7.06. The number of nitrogens with two attached hydrogens (primary N) is 1. The second kappa shape index (κ2) is 4.89. The molecule has 0 amide bonds. The van der Waals surface area contributed by atoms with Gasteiger partial charge in [-0.2, -0.15) is 0 Å². The van der Waals surface area contributed by atoms with Gasteiger partial charge in [-0.05, 0) is 37.3 Å². The molecule has 0 aromatic heterocycles. The highest BCUT2D eigenvalue weighted by molar-refractivity contribution is 6.03. The molecule has 3 N–H and O–H groups in total. The van der Waals surface area contributed by atoms with Crippen molar-refractivity contribution in [2.45, 2.75) is 19.8 Å². The molecule has 0 atom stereocenters. The molecule has 0 aromatic carbocycles. The van der Waals surface area contributed by atoms with Crippen molar-refractivity contribution in [3.63, 3.8) is 0 Å². The number of rotatable bonds is 5. The van der Waals surface area contributed by atoms with E-state index in [4.69, 9.17) is 10.8 Å². The molecular weight excluding hydrogens is 192 g/mol. The number of carboxylic acids is 1. The second-order valence-electron chi connectivity index (χ2n) is 3.64. The van der Waals surface area contributed by atoms with Crippen LogP contribution >= 0.6 is 0 Å². The number of aliphatic carboxylic acids is 1. The second-order valence-corrected chi connectivity index (χ2v) is 3.64. The zero-order valence-electron chi connectivity index (χ0n) is 8.86. The monoisotopic (exact) mass is 208 g/mol. The van der Waals surface area contributed by atoms with Crippen LogP contribution in [0, 0.1) is 5.92 Å². The number of hydrogen-bond donors (Lipinski definition) is 2. The molecule has 1 rings (SSSR count). The molecule has 15 heavy (non-hydrogen) atoms. The minimum atomic E-state index is -0.946. The third kappa shape index (κ3) is 3.32. The highest BCUT2D eigenvalue weighted by atomic mass is 16.4. The Morgan fingerprint density at radius 2 is 2.27 bits per heavy atom. The number of allylic oxidation sites excluding steroid dienone is 1. The van der Waals surface area contributed by atoms with Gasteiger partial charge >= 0.3 is 5.97 Å². The van der Waals surface area contributed by atoms with Crippen LogP contribution in [0.15, 0.2) is 28.8 Å². The van der Waals surface area contributed by atoms with Crippen molar-refractivity contribution >= 4 is 11.7 Å². The van der Waals surface area contributed by atoms with E-state index in [1.54, 1.807) is 6.92 Å². The van der Waals surface area contributed by atoms with Gasteiger partial charge in [0.25, 0.3) is 0 Å². The topological polar surface area (TPSA) is 75.7 Å². The third-order valence-corrected chi connectivity index (χ3v) is 2.34. The first-order valence-corrected chi connectivity index (χ1v) is 4.91. The molecule has 4 nitrogen and oxygen atoms in total. The summed E-state index contributed by atoms with van der Waals surface area (Å²) in [6.45, 7) is 5.72. The molecule has 0 saturated heterocycles. The number of aliphatic imine (C=N–C) groups is 1. The lowest BCUT2D eigenvalue weighted by Crippen LogP contribution is -2.07. The van der Waals surface area contributed by atoms with Gasteiger partial charge in [0.1, 0.15) is 0 Å². The molecule has 1 aliphatic rings. The van der Waals surface area contributed by atoms with Gasteiger partial charge < -0.3 is 10.8 Å². The van der Waals surface area contributed by atoms with Gasteiger partial charge in [0.2, 0.25) is 0 Å². The first-order valence-electron chi connectivity index (χ1n) is 4.91. The normalized spacial score (nSPS) is 17.7. The molecule has 4 heteroatoms. The van der Waals surface area contributed by atoms with Gasteiger partial charge in [0, 0.05) is 5.71 Å². The Hall–Kier alpha value is -1.42. The fourth-order valence-corrected chi connectivity index (χ4v) is 1.34. The van der Waals surface area contributed by atoms with Crippen molar-refractivity contribution in [2.75, 3.05) is 6.67 Å². The molecule has 1 aliphatic carbocycles. The van der Waals surface area contributed by atoms with Crippen molar-refractivity contribution < 1.29 is 9.90 Å². The predicted octanol–water partition coefficient (Wildman–Crippen LogP) is 1.34. The highest BCUT2D eigenvalue weighted by Gasteiger charge is 2.29. The summed E-state index contributed by atoms with van der Waals surface area (Å²) in [7, 11) is 0. The molecule has 0 radical (unpaired) electrons. The van der Waals surface area contributed by atoms with Crippen molar-refractivity contribution in [3.8, 4) is 0 Å². The number of carboxylic acid groups (broad SMARTS) is 1. The van der Waals surface area contributed by atoms with E-state index in [1.165, 1.54) is 6.08 Å². The van der Waals surface area contributed by atoms with E-state index in [9.17, 15) is 4.79 Å². The minimum absolute atomic E-state index is 0.172. The van der Waals surface area contributed by atoms with Crippen LogP contribution in [0.4, 0.5) is 0 Å². The van der Waals surface area contributed by atoms with Crippen LogP contribution in [0.25, 0.3) is 0 Å². The van der Waals surface area contributed by atoms with Gasteiger partial charge in [-0.3, -0.25) is 4.99 Å². The van der Waals surface area contributed by atoms with Crippen molar-refractivity contribution in [3.05, 3.63) is 23.8 Å². The smallest absolute Gasteiger partial charge is 0.336 e. The van der Waals surface area contributed by atoms with E-state index < -0.39 is 5.97 Å². The van der Waals surface area contributed by atoms with Gasteiger partial charge in [-0.25, -0.2) is 4.79 Å². The SMILES string of the molecule is C=C(C(=CC(C)=NCN)C(=O)O)C1CC1. The minimum Gasteiger partial charge on any atom is -0.478 e. The van der Waals surface area contributed by atoms with Gasteiger partial charge in [-0.1, -0.05) is 6.58 Å². The van der Waals surface area contributed by atoms with E-state index in [0.717, 1.165) is 12.8 Å². The summed E-state index contributed by atoms with van der Waals surface area (Å²) in [5.41, 5.74) is 6.82. The standard InChI is InChI=1S/C11H16N2O2/c1-7(13-6-12)5-10(11(14)15)8(2)9-3-4-9/h5,9H,2-4,6,12H2,1H3,(H,14,15). The molecule has 82 valence electrons. The summed E-state index contributed by atoms with van der Waals surface area (Å²) in [5.74, 6) is -0.600. The van der Waals surface area contributed by atoms with Crippen LogP contribution in [0.1, 0.15) is 19.8 Å². The van der Waals surface area contributed by atoms with Gasteiger partial charge in [-0.15, -0.1) is 0 Å². The van der Waals surface area contributed by atoms with Crippen LogP contribution in [-0.2, 0) is 4.79 Å². The largest absolute Gasteiger partial charge is 0.478 e. The number of hydrogen-bond acceptors (Lipinski definition) is 3. The maximum Gasteiger partial charge on any atom is 0.336 e. The molecule has 1 fully saturated rings. The van der Waals surface area contributed by atoms with Crippen LogP contribution in [0.5, 0.6) is 0 Å². The summed E-state index contributed by atoms with van der Waals surface area (Å²) in [6, 6.07) is 0. The zero-order valence-corrected chi connectivity index (χ0v) is 8.86. The quantitative estimate of drug-likeness (QED) is 0.406. The lowest BCUT2D eigenvalue weighted by molar-refractivity contribution is -0.132. The van der Waals surface area contributed by atoms with Crippen LogP contribution in [-0.4, -0.2) is 23.5 Å². The Balaban J connectivity index is 2.86. The molecule has 0 unspecified atom stereocenters. The molecule has 0 aliphatic heterocycles. The molecule has 0 heterocycles. The van der Waals surface area contributed by atoms with Gasteiger partial charge in [0.15, 0.2) is 0 Å². The summed E-state index contributed by atoms with van der Waals surface area (Å²) in [6.07, 6.45) is 3.61. The Morgan fingerprint density at radius 1 is 1.67 bits per heavy atom. The average Bonchev–Trinajstić information content (AvgIpc) is 2.96. The Labute approximate surface area is 89.2 Å². The maximum atomic E-state index is 11.0. The third-order valence-electron chi connectivity index (χ3n) is 2.34. The molecule has 0 aromatic rings.